The third-order valence-corrected chi connectivity index (χ3v) is 1.51. The minimum atomic E-state index is -0.424. The lowest BCUT2D eigenvalue weighted by Gasteiger charge is -2.11. The van der Waals surface area contributed by atoms with Crippen LogP contribution in [0.1, 0.15) is 39.5 Å². The molecule has 0 rings (SSSR count). The molecule has 0 amide bonds. The van der Waals surface area contributed by atoms with Crippen LogP contribution in [-0.4, -0.2) is 18.2 Å². The highest BCUT2D eigenvalue weighted by molar-refractivity contribution is 4.44. The van der Waals surface area contributed by atoms with E-state index in [0.717, 1.165) is 19.3 Å². The molecule has 0 aliphatic rings. The van der Waals surface area contributed by atoms with Gasteiger partial charge in [-0.25, -0.2) is 10.1 Å². The zero-order valence-electron chi connectivity index (χ0n) is 7.38. The summed E-state index contributed by atoms with van der Waals surface area (Å²) in [4.78, 5) is 4.12. The Bertz CT molecular complexity index is 75.7. The van der Waals surface area contributed by atoms with Gasteiger partial charge in [0.2, 0.25) is 0 Å². The minimum absolute atomic E-state index is 0.424. The van der Waals surface area contributed by atoms with Crippen molar-refractivity contribution in [2.45, 2.75) is 45.8 Å². The number of ether oxygens (including phenoxy) is 1. The third kappa shape index (κ3) is 6.28. The van der Waals surface area contributed by atoms with Gasteiger partial charge >= 0.3 is 0 Å². The van der Waals surface area contributed by atoms with Gasteiger partial charge in [0.05, 0.1) is 0 Å². The number of hydrogen-bond acceptors (Lipinski definition) is 3. The molecular formula is C8H18O3. The standard InChI is InChI=1S/C8H18O3/c1-3-5-6-7-8(11-9)10-4-2/h8-9H,3-7H2,1-2H3. The van der Waals surface area contributed by atoms with Crippen LogP contribution in [0.5, 0.6) is 0 Å². The van der Waals surface area contributed by atoms with E-state index in [-0.39, 0.29) is 0 Å². The fourth-order valence-electron chi connectivity index (χ4n) is 0.913. The van der Waals surface area contributed by atoms with Crippen molar-refractivity contribution in [3.63, 3.8) is 0 Å². The molecule has 3 nitrogen and oxygen atoms in total. The lowest BCUT2D eigenvalue weighted by Crippen LogP contribution is -2.15. The van der Waals surface area contributed by atoms with Crippen molar-refractivity contribution < 1.29 is 14.9 Å². The van der Waals surface area contributed by atoms with Crippen molar-refractivity contribution in [3.8, 4) is 0 Å². The summed E-state index contributed by atoms with van der Waals surface area (Å²) in [5.74, 6) is 0. The van der Waals surface area contributed by atoms with E-state index >= 15 is 0 Å². The SMILES string of the molecule is CCCCCC(OO)OCC. The number of hydrogen-bond donors (Lipinski definition) is 1. The first kappa shape index (κ1) is 10.9. The maximum atomic E-state index is 8.33. The second kappa shape index (κ2) is 7.98. The van der Waals surface area contributed by atoms with Crippen LogP contribution in [0.2, 0.25) is 0 Å². The molecule has 1 atom stereocenters. The molecule has 0 spiro atoms. The van der Waals surface area contributed by atoms with Gasteiger partial charge in [0.15, 0.2) is 6.29 Å². The normalized spacial score (nSPS) is 13.4. The van der Waals surface area contributed by atoms with Crippen LogP contribution in [0.25, 0.3) is 0 Å². The molecule has 0 aromatic carbocycles. The van der Waals surface area contributed by atoms with E-state index in [2.05, 4.69) is 11.8 Å². The van der Waals surface area contributed by atoms with Gasteiger partial charge in [-0.1, -0.05) is 19.8 Å². The Morgan fingerprint density at radius 1 is 1.27 bits per heavy atom. The van der Waals surface area contributed by atoms with Crippen LogP contribution in [0.15, 0.2) is 0 Å². The Morgan fingerprint density at radius 2 is 2.00 bits per heavy atom. The average molecular weight is 162 g/mol. The molecule has 0 saturated heterocycles. The molecule has 0 saturated carbocycles. The third-order valence-electron chi connectivity index (χ3n) is 1.51. The fourth-order valence-corrected chi connectivity index (χ4v) is 0.913. The highest BCUT2D eigenvalue weighted by Gasteiger charge is 2.06. The van der Waals surface area contributed by atoms with Gasteiger partial charge in [-0.15, -0.1) is 0 Å². The van der Waals surface area contributed by atoms with Gasteiger partial charge in [0.25, 0.3) is 0 Å². The van der Waals surface area contributed by atoms with Gasteiger partial charge in [-0.05, 0) is 13.3 Å². The lowest BCUT2D eigenvalue weighted by molar-refractivity contribution is -0.346. The Balaban J connectivity index is 3.20. The van der Waals surface area contributed by atoms with E-state index in [1.807, 2.05) is 6.92 Å². The maximum absolute atomic E-state index is 8.33. The van der Waals surface area contributed by atoms with Gasteiger partial charge < -0.3 is 4.74 Å². The van der Waals surface area contributed by atoms with E-state index in [1.165, 1.54) is 6.42 Å². The van der Waals surface area contributed by atoms with E-state index in [9.17, 15) is 0 Å². The van der Waals surface area contributed by atoms with Gasteiger partial charge in [-0.2, -0.15) is 0 Å². The van der Waals surface area contributed by atoms with Gasteiger partial charge in [0.1, 0.15) is 0 Å². The Morgan fingerprint density at radius 3 is 2.45 bits per heavy atom. The Hall–Kier alpha value is -0.120. The molecule has 0 aromatic rings. The van der Waals surface area contributed by atoms with Crippen LogP contribution < -0.4 is 0 Å². The van der Waals surface area contributed by atoms with Crippen LogP contribution in [-0.2, 0) is 9.62 Å². The van der Waals surface area contributed by atoms with Crippen molar-refractivity contribution in [2.24, 2.45) is 0 Å². The molecular weight excluding hydrogens is 144 g/mol. The second-order valence-electron chi connectivity index (χ2n) is 2.49. The maximum Gasteiger partial charge on any atom is 0.190 e. The quantitative estimate of drug-likeness (QED) is 0.270. The molecule has 0 aromatic heterocycles. The highest BCUT2D eigenvalue weighted by atomic mass is 17.1. The van der Waals surface area contributed by atoms with Crippen LogP contribution in [0.3, 0.4) is 0 Å². The van der Waals surface area contributed by atoms with Crippen molar-refractivity contribution >= 4 is 0 Å². The summed E-state index contributed by atoms with van der Waals surface area (Å²) in [5.41, 5.74) is 0. The molecule has 0 aliphatic carbocycles. The van der Waals surface area contributed by atoms with E-state index in [1.54, 1.807) is 0 Å². The van der Waals surface area contributed by atoms with E-state index in [0.29, 0.717) is 6.61 Å². The van der Waals surface area contributed by atoms with Gasteiger partial charge in [-0.3, -0.25) is 0 Å². The summed E-state index contributed by atoms with van der Waals surface area (Å²) < 4.78 is 5.07. The predicted octanol–water partition coefficient (Wildman–Crippen LogP) is 2.42. The zero-order chi connectivity index (χ0) is 8.53. The van der Waals surface area contributed by atoms with E-state index < -0.39 is 6.29 Å². The molecule has 0 aliphatic heterocycles. The Kier molecular flexibility index (Phi) is 7.89. The molecule has 0 radical (unpaired) electrons. The second-order valence-corrected chi connectivity index (χ2v) is 2.49. The van der Waals surface area contributed by atoms with E-state index in [4.69, 9.17) is 9.99 Å². The highest BCUT2D eigenvalue weighted by Crippen LogP contribution is 2.06. The molecule has 1 unspecified atom stereocenters. The monoisotopic (exact) mass is 162 g/mol. The summed E-state index contributed by atoms with van der Waals surface area (Å²) in [6.07, 6.45) is 3.73. The minimum Gasteiger partial charge on any atom is -0.350 e. The molecule has 68 valence electrons. The smallest absolute Gasteiger partial charge is 0.190 e. The Labute approximate surface area is 68.2 Å². The van der Waals surface area contributed by atoms with Crippen molar-refractivity contribution in [3.05, 3.63) is 0 Å². The number of unbranched alkanes of at least 4 members (excludes halogenated alkanes) is 2. The predicted molar refractivity (Wildman–Crippen MR) is 43.3 cm³/mol. The van der Waals surface area contributed by atoms with Crippen molar-refractivity contribution in [1.82, 2.24) is 0 Å². The van der Waals surface area contributed by atoms with Crippen LogP contribution >= 0.6 is 0 Å². The first-order valence-electron chi connectivity index (χ1n) is 4.27. The summed E-state index contributed by atoms with van der Waals surface area (Å²) >= 11 is 0. The summed E-state index contributed by atoms with van der Waals surface area (Å²) in [5, 5.41) is 8.33. The molecule has 0 fully saturated rings. The van der Waals surface area contributed by atoms with Crippen molar-refractivity contribution in [1.29, 1.82) is 0 Å². The molecule has 0 heterocycles. The largest absolute Gasteiger partial charge is 0.350 e. The zero-order valence-corrected chi connectivity index (χ0v) is 7.38. The average Bonchev–Trinajstić information content (AvgIpc) is 2.03. The van der Waals surface area contributed by atoms with Crippen molar-refractivity contribution in [2.75, 3.05) is 6.61 Å². The summed E-state index contributed by atoms with van der Waals surface area (Å²) in [6.45, 7) is 4.60. The summed E-state index contributed by atoms with van der Waals surface area (Å²) in [6, 6.07) is 0. The lowest BCUT2D eigenvalue weighted by atomic mass is 10.2. The first-order valence-corrected chi connectivity index (χ1v) is 4.27. The molecule has 0 bridgehead atoms. The molecule has 1 N–H and O–H groups in total. The van der Waals surface area contributed by atoms with Crippen LogP contribution in [0.4, 0.5) is 0 Å². The van der Waals surface area contributed by atoms with Gasteiger partial charge in [0, 0.05) is 13.0 Å². The fraction of sp³-hybridized carbons (Fsp3) is 1.00. The molecule has 11 heavy (non-hydrogen) atoms. The van der Waals surface area contributed by atoms with Crippen LogP contribution in [0, 0.1) is 0 Å². The summed E-state index contributed by atoms with van der Waals surface area (Å²) in [7, 11) is 0. The topological polar surface area (TPSA) is 38.7 Å². The molecule has 3 heteroatoms. The first-order chi connectivity index (χ1) is 5.35. The number of rotatable bonds is 7.